The summed E-state index contributed by atoms with van der Waals surface area (Å²) in [4.78, 5) is 4.61. The van der Waals surface area contributed by atoms with Crippen LogP contribution < -0.4 is 10.1 Å². The first-order valence-electron chi connectivity index (χ1n) is 6.98. The topological polar surface area (TPSA) is 34.1 Å². The fourth-order valence-corrected chi connectivity index (χ4v) is 2.96. The summed E-state index contributed by atoms with van der Waals surface area (Å²) in [5.41, 5.74) is 4.65. The molecule has 4 heteroatoms. The second-order valence-electron chi connectivity index (χ2n) is 5.22. The molecule has 1 aromatic heterocycles. The maximum absolute atomic E-state index is 5.46. The van der Waals surface area contributed by atoms with E-state index in [-0.39, 0.29) is 6.04 Å². The van der Waals surface area contributed by atoms with Crippen molar-refractivity contribution in [1.29, 1.82) is 0 Å². The first-order valence-corrected chi connectivity index (χ1v) is 7.77. The Kier molecular flexibility index (Phi) is 5.37. The summed E-state index contributed by atoms with van der Waals surface area (Å²) in [7, 11) is 3.67. The van der Waals surface area contributed by atoms with Gasteiger partial charge in [0.1, 0.15) is 5.75 Å². The summed E-state index contributed by atoms with van der Waals surface area (Å²) in [6.07, 6.45) is 2.75. The van der Waals surface area contributed by atoms with Gasteiger partial charge in [0.05, 0.1) is 18.8 Å². The lowest BCUT2D eigenvalue weighted by Gasteiger charge is -2.19. The third-order valence-corrected chi connectivity index (χ3v) is 4.09. The number of aryl methyl sites for hydroxylation is 2. The quantitative estimate of drug-likeness (QED) is 0.887. The highest BCUT2D eigenvalue weighted by Crippen LogP contribution is 2.28. The molecule has 2 aromatic rings. The van der Waals surface area contributed by atoms with Crippen molar-refractivity contribution < 1.29 is 4.74 Å². The summed E-state index contributed by atoms with van der Waals surface area (Å²) in [5.74, 6) is 0.906. The van der Waals surface area contributed by atoms with Crippen molar-refractivity contribution >= 4 is 15.9 Å². The number of likely N-dealkylation sites (N-methyl/N-ethyl adjacent to an activating group) is 1. The molecule has 2 rings (SSSR count). The molecule has 1 aromatic carbocycles. The van der Waals surface area contributed by atoms with E-state index in [0.29, 0.717) is 0 Å². The number of benzene rings is 1. The molecule has 0 fully saturated rings. The molecule has 1 unspecified atom stereocenters. The Morgan fingerprint density at radius 1 is 1.29 bits per heavy atom. The molecule has 1 atom stereocenters. The Morgan fingerprint density at radius 2 is 2.05 bits per heavy atom. The van der Waals surface area contributed by atoms with Crippen LogP contribution in [0.1, 0.15) is 28.4 Å². The third kappa shape index (κ3) is 3.83. The third-order valence-electron chi connectivity index (χ3n) is 3.60. The van der Waals surface area contributed by atoms with Crippen LogP contribution in [0.4, 0.5) is 0 Å². The Labute approximate surface area is 134 Å². The Balaban J connectivity index is 2.33. The minimum absolute atomic E-state index is 0.161. The predicted octanol–water partition coefficient (Wildman–Crippen LogP) is 3.97. The standard InChI is InChI=1S/C17H21BrN2O/c1-11-7-12(2)17(20-10-11)15(19-3)9-13-8-14(18)5-6-16(13)21-4/h5-8,10,15,19H,9H2,1-4H3. The summed E-state index contributed by atoms with van der Waals surface area (Å²) in [5, 5.41) is 3.36. The number of pyridine rings is 1. The van der Waals surface area contributed by atoms with Crippen LogP contribution in [0.2, 0.25) is 0 Å². The number of hydrogen-bond acceptors (Lipinski definition) is 3. The molecule has 0 radical (unpaired) electrons. The molecule has 112 valence electrons. The summed E-state index contributed by atoms with van der Waals surface area (Å²) in [6, 6.07) is 8.42. The molecule has 3 nitrogen and oxygen atoms in total. The van der Waals surface area contributed by atoms with Crippen LogP contribution in [0, 0.1) is 13.8 Å². The van der Waals surface area contributed by atoms with Crippen molar-refractivity contribution in [3.8, 4) is 5.75 Å². The number of aromatic nitrogens is 1. The molecule has 0 spiro atoms. The van der Waals surface area contributed by atoms with Gasteiger partial charge < -0.3 is 10.1 Å². The molecule has 0 aliphatic heterocycles. The number of ether oxygens (including phenoxy) is 1. The highest BCUT2D eigenvalue weighted by atomic mass is 79.9. The van der Waals surface area contributed by atoms with Gasteiger partial charge in [0, 0.05) is 10.7 Å². The van der Waals surface area contributed by atoms with E-state index in [1.165, 1.54) is 11.1 Å². The molecule has 0 aliphatic carbocycles. The maximum Gasteiger partial charge on any atom is 0.122 e. The lowest BCUT2D eigenvalue weighted by molar-refractivity contribution is 0.406. The zero-order valence-corrected chi connectivity index (χ0v) is 14.5. The van der Waals surface area contributed by atoms with Gasteiger partial charge in [-0.25, -0.2) is 0 Å². The van der Waals surface area contributed by atoms with E-state index in [2.05, 4.69) is 52.2 Å². The molecule has 21 heavy (non-hydrogen) atoms. The fraction of sp³-hybridized carbons (Fsp3) is 0.353. The smallest absolute Gasteiger partial charge is 0.122 e. The van der Waals surface area contributed by atoms with Crippen LogP contribution in [-0.4, -0.2) is 19.1 Å². The van der Waals surface area contributed by atoms with E-state index >= 15 is 0 Å². The fourth-order valence-electron chi connectivity index (χ4n) is 2.55. The van der Waals surface area contributed by atoms with Gasteiger partial charge in [-0.3, -0.25) is 4.98 Å². The predicted molar refractivity (Wildman–Crippen MR) is 89.9 cm³/mol. The van der Waals surface area contributed by atoms with Crippen LogP contribution in [-0.2, 0) is 6.42 Å². The molecule has 0 amide bonds. The zero-order valence-electron chi connectivity index (χ0n) is 12.9. The molecule has 0 bridgehead atoms. The molecule has 0 saturated carbocycles. The molecule has 0 saturated heterocycles. The van der Waals surface area contributed by atoms with E-state index in [1.807, 2.05) is 25.4 Å². The average Bonchev–Trinajstić information content (AvgIpc) is 2.45. The number of nitrogens with one attached hydrogen (secondary N) is 1. The zero-order chi connectivity index (χ0) is 15.4. The number of methoxy groups -OCH3 is 1. The first kappa shape index (κ1) is 16.0. The van der Waals surface area contributed by atoms with E-state index < -0.39 is 0 Å². The number of halogens is 1. The Bertz CT molecular complexity index is 628. The Morgan fingerprint density at radius 3 is 2.67 bits per heavy atom. The van der Waals surface area contributed by atoms with Crippen molar-refractivity contribution in [3.63, 3.8) is 0 Å². The van der Waals surface area contributed by atoms with Crippen LogP contribution in [0.3, 0.4) is 0 Å². The largest absolute Gasteiger partial charge is 0.496 e. The molecular weight excluding hydrogens is 328 g/mol. The maximum atomic E-state index is 5.46. The van der Waals surface area contributed by atoms with Crippen molar-refractivity contribution in [2.24, 2.45) is 0 Å². The van der Waals surface area contributed by atoms with Crippen molar-refractivity contribution in [3.05, 3.63) is 57.3 Å². The minimum atomic E-state index is 0.161. The van der Waals surface area contributed by atoms with Gasteiger partial charge in [-0.2, -0.15) is 0 Å². The van der Waals surface area contributed by atoms with Crippen LogP contribution >= 0.6 is 15.9 Å². The number of rotatable bonds is 5. The summed E-state index contributed by atoms with van der Waals surface area (Å²) in [6.45, 7) is 4.17. The lowest BCUT2D eigenvalue weighted by atomic mass is 9.99. The van der Waals surface area contributed by atoms with Crippen LogP contribution in [0.25, 0.3) is 0 Å². The van der Waals surface area contributed by atoms with Crippen molar-refractivity contribution in [2.75, 3.05) is 14.2 Å². The van der Waals surface area contributed by atoms with E-state index in [4.69, 9.17) is 4.74 Å². The molecular formula is C17H21BrN2O. The highest BCUT2D eigenvalue weighted by molar-refractivity contribution is 9.10. The lowest BCUT2D eigenvalue weighted by Crippen LogP contribution is -2.21. The first-order chi connectivity index (χ1) is 10.0. The van der Waals surface area contributed by atoms with Gasteiger partial charge in [-0.05, 0) is 62.2 Å². The van der Waals surface area contributed by atoms with Gasteiger partial charge in [-0.1, -0.05) is 22.0 Å². The van der Waals surface area contributed by atoms with E-state index in [9.17, 15) is 0 Å². The van der Waals surface area contributed by atoms with Crippen molar-refractivity contribution in [2.45, 2.75) is 26.3 Å². The average molecular weight is 349 g/mol. The van der Waals surface area contributed by atoms with Gasteiger partial charge in [0.15, 0.2) is 0 Å². The number of nitrogens with zero attached hydrogens (tertiary/aromatic N) is 1. The summed E-state index contributed by atoms with van der Waals surface area (Å²) >= 11 is 3.53. The molecule has 0 aliphatic rings. The summed E-state index contributed by atoms with van der Waals surface area (Å²) < 4.78 is 6.52. The minimum Gasteiger partial charge on any atom is -0.496 e. The highest BCUT2D eigenvalue weighted by Gasteiger charge is 2.16. The second kappa shape index (κ2) is 7.05. The molecule has 1 heterocycles. The SMILES string of the molecule is CNC(Cc1cc(Br)ccc1OC)c1ncc(C)cc1C. The monoisotopic (exact) mass is 348 g/mol. The van der Waals surface area contributed by atoms with E-state index in [1.54, 1.807) is 7.11 Å². The van der Waals surface area contributed by atoms with Gasteiger partial charge in [0.2, 0.25) is 0 Å². The Hall–Kier alpha value is -1.39. The second-order valence-corrected chi connectivity index (χ2v) is 6.13. The molecule has 1 N–H and O–H groups in total. The normalized spacial score (nSPS) is 12.2. The van der Waals surface area contributed by atoms with Gasteiger partial charge >= 0.3 is 0 Å². The van der Waals surface area contributed by atoms with Crippen LogP contribution in [0.5, 0.6) is 5.75 Å². The van der Waals surface area contributed by atoms with Gasteiger partial charge in [-0.15, -0.1) is 0 Å². The van der Waals surface area contributed by atoms with Crippen LogP contribution in [0.15, 0.2) is 34.9 Å². The van der Waals surface area contributed by atoms with Gasteiger partial charge in [0.25, 0.3) is 0 Å². The number of hydrogen-bond donors (Lipinski definition) is 1. The van der Waals surface area contributed by atoms with Crippen molar-refractivity contribution in [1.82, 2.24) is 10.3 Å². The van der Waals surface area contributed by atoms with E-state index in [0.717, 1.165) is 27.9 Å².